The Morgan fingerprint density at radius 3 is 2.75 bits per heavy atom. The molecule has 1 saturated heterocycles. The van der Waals surface area contributed by atoms with Crippen molar-refractivity contribution in [2.24, 2.45) is 5.92 Å². The molecule has 0 radical (unpaired) electrons. The van der Waals surface area contributed by atoms with Crippen molar-refractivity contribution in [2.75, 3.05) is 18.0 Å². The molecule has 0 saturated carbocycles. The van der Waals surface area contributed by atoms with Gasteiger partial charge in [0.25, 0.3) is 0 Å². The van der Waals surface area contributed by atoms with Gasteiger partial charge in [0.1, 0.15) is 0 Å². The second kappa shape index (κ2) is 9.13. The maximum atomic E-state index is 12.0. The van der Waals surface area contributed by atoms with Crippen molar-refractivity contribution >= 4 is 11.9 Å². The summed E-state index contributed by atoms with van der Waals surface area (Å²) in [5, 5.41) is 3.23. The number of carbonyl (C=O) groups is 1. The zero-order valence-electron chi connectivity index (χ0n) is 17.4. The largest absolute Gasteiger partial charge is 0.353 e. The molecule has 1 fully saturated rings. The van der Waals surface area contributed by atoms with Crippen LogP contribution in [0, 0.1) is 19.8 Å². The molecule has 0 bridgehead atoms. The molecule has 3 heterocycles. The molecule has 0 spiro atoms. The lowest BCUT2D eigenvalue weighted by Gasteiger charge is -2.38. The van der Waals surface area contributed by atoms with Crippen LogP contribution in [0.3, 0.4) is 0 Å². The quantitative estimate of drug-likeness (QED) is 0.826. The summed E-state index contributed by atoms with van der Waals surface area (Å²) >= 11 is 0. The molecule has 3 rings (SSSR count). The maximum Gasteiger partial charge on any atom is 0.225 e. The van der Waals surface area contributed by atoms with Crippen LogP contribution < -0.4 is 10.2 Å². The Hall–Kier alpha value is -2.50. The highest BCUT2D eigenvalue weighted by Crippen LogP contribution is 2.26. The molecule has 0 unspecified atom stereocenters. The second-order valence-corrected chi connectivity index (χ2v) is 7.65. The zero-order chi connectivity index (χ0) is 20.1. The SMILES string of the molecule is CCCC(=O)N[C@H]1CCN(c2nccc(-c3ccc(C)nc3C)n2)C[C@H]1CC. The number of anilines is 1. The third kappa shape index (κ3) is 4.66. The topological polar surface area (TPSA) is 71.0 Å². The van der Waals surface area contributed by atoms with Gasteiger partial charge in [0, 0.05) is 48.7 Å². The lowest BCUT2D eigenvalue weighted by atomic mass is 9.90. The predicted octanol–water partition coefficient (Wildman–Crippen LogP) is 3.68. The average Bonchev–Trinajstić information content (AvgIpc) is 2.68. The Bertz CT molecular complexity index is 822. The number of piperidine rings is 1. The van der Waals surface area contributed by atoms with Crippen LogP contribution in [0.15, 0.2) is 24.4 Å². The molecule has 150 valence electrons. The minimum atomic E-state index is 0.167. The number of carbonyl (C=O) groups excluding carboxylic acids is 1. The van der Waals surface area contributed by atoms with Crippen molar-refractivity contribution < 1.29 is 4.79 Å². The molecular formula is C22H31N5O. The number of amides is 1. The smallest absolute Gasteiger partial charge is 0.225 e. The Kier molecular flexibility index (Phi) is 6.60. The summed E-state index contributed by atoms with van der Waals surface area (Å²) in [7, 11) is 0. The molecule has 1 aliphatic rings. The molecule has 0 aliphatic carbocycles. The minimum absolute atomic E-state index is 0.167. The predicted molar refractivity (Wildman–Crippen MR) is 112 cm³/mol. The van der Waals surface area contributed by atoms with Gasteiger partial charge in [-0.25, -0.2) is 9.97 Å². The summed E-state index contributed by atoms with van der Waals surface area (Å²) in [5.41, 5.74) is 3.94. The monoisotopic (exact) mass is 381 g/mol. The Labute approximate surface area is 167 Å². The van der Waals surface area contributed by atoms with Crippen molar-refractivity contribution in [3.63, 3.8) is 0 Å². The lowest BCUT2D eigenvalue weighted by Crippen LogP contribution is -2.51. The van der Waals surface area contributed by atoms with Gasteiger partial charge in [-0.3, -0.25) is 9.78 Å². The Morgan fingerprint density at radius 1 is 1.21 bits per heavy atom. The van der Waals surface area contributed by atoms with E-state index in [0.717, 1.165) is 60.9 Å². The highest BCUT2D eigenvalue weighted by molar-refractivity contribution is 5.76. The van der Waals surface area contributed by atoms with Crippen LogP contribution in [0.2, 0.25) is 0 Å². The van der Waals surface area contributed by atoms with Gasteiger partial charge >= 0.3 is 0 Å². The van der Waals surface area contributed by atoms with Gasteiger partial charge in [-0.05, 0) is 57.2 Å². The first-order valence-corrected chi connectivity index (χ1v) is 10.3. The van der Waals surface area contributed by atoms with Crippen LogP contribution in [0.4, 0.5) is 5.95 Å². The molecule has 6 heteroatoms. The van der Waals surface area contributed by atoms with E-state index in [1.807, 2.05) is 39.1 Å². The number of aromatic nitrogens is 3. The maximum absolute atomic E-state index is 12.0. The molecule has 1 N–H and O–H groups in total. The van der Waals surface area contributed by atoms with E-state index >= 15 is 0 Å². The molecule has 28 heavy (non-hydrogen) atoms. The summed E-state index contributed by atoms with van der Waals surface area (Å²) in [6.07, 6.45) is 5.26. The van der Waals surface area contributed by atoms with Crippen molar-refractivity contribution in [2.45, 2.75) is 59.4 Å². The fraction of sp³-hybridized carbons (Fsp3) is 0.545. The van der Waals surface area contributed by atoms with Crippen LogP contribution in [0.1, 0.15) is 50.9 Å². The van der Waals surface area contributed by atoms with Gasteiger partial charge in [0.05, 0.1) is 5.69 Å². The molecular weight excluding hydrogens is 350 g/mol. The van der Waals surface area contributed by atoms with Gasteiger partial charge in [0.2, 0.25) is 11.9 Å². The number of hydrogen-bond donors (Lipinski definition) is 1. The fourth-order valence-corrected chi connectivity index (χ4v) is 3.93. The standard InChI is InChI=1S/C22H31N5O/c1-5-7-21(28)25-19-11-13-27(14-17(19)6-2)22-23-12-10-20(26-22)18-9-8-15(3)24-16(18)4/h8-10,12,17,19H,5-7,11,13-14H2,1-4H3,(H,25,28)/t17-,19+/m1/s1. The van der Waals surface area contributed by atoms with E-state index in [-0.39, 0.29) is 11.9 Å². The van der Waals surface area contributed by atoms with E-state index in [0.29, 0.717) is 12.3 Å². The molecule has 2 aromatic heterocycles. The van der Waals surface area contributed by atoms with Crippen LogP contribution in [0.5, 0.6) is 0 Å². The average molecular weight is 382 g/mol. The number of rotatable bonds is 6. The second-order valence-electron chi connectivity index (χ2n) is 7.65. The van der Waals surface area contributed by atoms with E-state index in [1.165, 1.54) is 0 Å². The van der Waals surface area contributed by atoms with E-state index in [1.54, 1.807) is 0 Å². The highest BCUT2D eigenvalue weighted by atomic mass is 16.1. The number of nitrogens with zero attached hydrogens (tertiary/aromatic N) is 4. The Morgan fingerprint density at radius 2 is 2.04 bits per heavy atom. The van der Waals surface area contributed by atoms with Gasteiger partial charge in [-0.2, -0.15) is 0 Å². The van der Waals surface area contributed by atoms with Crippen molar-refractivity contribution in [3.8, 4) is 11.3 Å². The van der Waals surface area contributed by atoms with Crippen LogP contribution in [0.25, 0.3) is 11.3 Å². The minimum Gasteiger partial charge on any atom is -0.353 e. The van der Waals surface area contributed by atoms with Gasteiger partial charge in [-0.1, -0.05) is 13.8 Å². The number of hydrogen-bond acceptors (Lipinski definition) is 5. The van der Waals surface area contributed by atoms with Gasteiger partial charge in [-0.15, -0.1) is 0 Å². The Balaban J connectivity index is 1.75. The van der Waals surface area contributed by atoms with Crippen LogP contribution >= 0.6 is 0 Å². The van der Waals surface area contributed by atoms with Gasteiger partial charge in [0.15, 0.2) is 0 Å². The normalized spacial score (nSPS) is 19.5. The zero-order valence-corrected chi connectivity index (χ0v) is 17.4. The molecule has 0 aromatic carbocycles. The summed E-state index contributed by atoms with van der Waals surface area (Å²) in [5.74, 6) is 1.33. The van der Waals surface area contributed by atoms with Crippen molar-refractivity contribution in [3.05, 3.63) is 35.8 Å². The number of pyridine rings is 1. The van der Waals surface area contributed by atoms with Gasteiger partial charge < -0.3 is 10.2 Å². The molecule has 1 amide bonds. The molecule has 1 aliphatic heterocycles. The first kappa shape index (κ1) is 20.2. The van der Waals surface area contributed by atoms with E-state index in [4.69, 9.17) is 4.98 Å². The number of aryl methyl sites for hydroxylation is 2. The summed E-state index contributed by atoms with van der Waals surface area (Å²) < 4.78 is 0. The summed E-state index contributed by atoms with van der Waals surface area (Å²) in [4.78, 5) is 28.2. The lowest BCUT2D eigenvalue weighted by molar-refractivity contribution is -0.122. The highest BCUT2D eigenvalue weighted by Gasteiger charge is 2.30. The van der Waals surface area contributed by atoms with Crippen molar-refractivity contribution in [1.29, 1.82) is 0 Å². The fourth-order valence-electron chi connectivity index (χ4n) is 3.93. The third-order valence-corrected chi connectivity index (χ3v) is 5.51. The first-order chi connectivity index (χ1) is 13.5. The summed E-state index contributed by atoms with van der Waals surface area (Å²) in [6, 6.07) is 6.28. The van der Waals surface area contributed by atoms with Crippen LogP contribution in [-0.2, 0) is 4.79 Å². The first-order valence-electron chi connectivity index (χ1n) is 10.3. The van der Waals surface area contributed by atoms with Crippen molar-refractivity contribution in [1.82, 2.24) is 20.3 Å². The number of nitrogens with one attached hydrogen (secondary N) is 1. The van der Waals surface area contributed by atoms with Crippen LogP contribution in [-0.4, -0.2) is 40.0 Å². The molecule has 2 aromatic rings. The molecule has 2 atom stereocenters. The third-order valence-electron chi connectivity index (χ3n) is 5.51. The molecule has 6 nitrogen and oxygen atoms in total. The van der Waals surface area contributed by atoms with E-state index in [9.17, 15) is 4.79 Å². The van der Waals surface area contributed by atoms with E-state index < -0.39 is 0 Å². The van der Waals surface area contributed by atoms with E-state index in [2.05, 4.69) is 33.2 Å². The summed E-state index contributed by atoms with van der Waals surface area (Å²) in [6.45, 7) is 9.95.